The number of rotatable bonds is 6. The summed E-state index contributed by atoms with van der Waals surface area (Å²) in [5.41, 5.74) is 3.73. The van der Waals surface area contributed by atoms with Gasteiger partial charge in [-0.2, -0.15) is 5.10 Å². The zero-order chi connectivity index (χ0) is 18.5. The maximum atomic E-state index is 12.2. The summed E-state index contributed by atoms with van der Waals surface area (Å²) < 4.78 is 1.83. The summed E-state index contributed by atoms with van der Waals surface area (Å²) in [5, 5.41) is 7.78. The molecular weight excluding hydrogens is 348 g/mol. The third kappa shape index (κ3) is 4.71. The van der Waals surface area contributed by atoms with E-state index in [9.17, 15) is 4.79 Å². The molecular formula is C20H21ClN4O. The van der Waals surface area contributed by atoms with Crippen LogP contribution in [0.1, 0.15) is 11.1 Å². The number of likely N-dealkylation sites (N-methyl/N-ethyl adjacent to an activating group) is 1. The van der Waals surface area contributed by atoms with E-state index in [2.05, 4.69) is 10.4 Å². The van der Waals surface area contributed by atoms with Gasteiger partial charge in [-0.3, -0.25) is 9.69 Å². The predicted octanol–water partition coefficient (Wildman–Crippen LogP) is 3.90. The number of benzene rings is 2. The number of hydrogen-bond donors (Lipinski definition) is 1. The molecule has 0 bridgehead atoms. The number of carbonyl (C=O) groups excluding carboxylic acids is 1. The molecule has 0 saturated carbocycles. The molecule has 0 aliphatic carbocycles. The van der Waals surface area contributed by atoms with Crippen LogP contribution in [-0.4, -0.2) is 34.2 Å². The van der Waals surface area contributed by atoms with E-state index < -0.39 is 0 Å². The Balaban J connectivity index is 1.56. The minimum Gasteiger partial charge on any atom is -0.324 e. The highest BCUT2D eigenvalue weighted by Crippen LogP contribution is 2.22. The van der Waals surface area contributed by atoms with E-state index in [-0.39, 0.29) is 12.5 Å². The number of nitrogens with one attached hydrogen (secondary N) is 1. The molecule has 5 nitrogen and oxygen atoms in total. The standard InChI is InChI=1S/C20H21ClN4O/c1-15-8-9-19(18(21)10-15)23-20(26)14-24(2)12-16-11-22-25(13-16)17-6-4-3-5-7-17/h3-11,13H,12,14H2,1-2H3,(H,23,26). The van der Waals surface area contributed by atoms with Gasteiger partial charge in [-0.15, -0.1) is 0 Å². The van der Waals surface area contributed by atoms with Gasteiger partial charge in [-0.25, -0.2) is 4.68 Å². The summed E-state index contributed by atoms with van der Waals surface area (Å²) in [6.45, 7) is 2.85. The van der Waals surface area contributed by atoms with E-state index >= 15 is 0 Å². The Hall–Kier alpha value is -2.63. The molecule has 3 rings (SSSR count). The fraction of sp³-hybridized carbons (Fsp3) is 0.200. The monoisotopic (exact) mass is 368 g/mol. The largest absolute Gasteiger partial charge is 0.324 e. The van der Waals surface area contributed by atoms with Crippen molar-refractivity contribution in [2.45, 2.75) is 13.5 Å². The van der Waals surface area contributed by atoms with Gasteiger partial charge in [0, 0.05) is 18.3 Å². The first kappa shape index (κ1) is 18.2. The van der Waals surface area contributed by atoms with Gasteiger partial charge in [0.1, 0.15) is 0 Å². The number of hydrogen-bond acceptors (Lipinski definition) is 3. The normalized spacial score (nSPS) is 10.9. The van der Waals surface area contributed by atoms with E-state index in [0.29, 0.717) is 17.3 Å². The Bertz CT molecular complexity index is 892. The van der Waals surface area contributed by atoms with E-state index in [1.807, 2.05) is 84.5 Å². The summed E-state index contributed by atoms with van der Waals surface area (Å²) >= 11 is 6.16. The van der Waals surface area contributed by atoms with Crippen LogP contribution in [0.2, 0.25) is 5.02 Å². The summed E-state index contributed by atoms with van der Waals surface area (Å²) in [5.74, 6) is -0.103. The highest BCUT2D eigenvalue weighted by Gasteiger charge is 2.11. The topological polar surface area (TPSA) is 50.2 Å². The fourth-order valence-corrected chi connectivity index (χ4v) is 2.97. The fourth-order valence-electron chi connectivity index (χ4n) is 2.69. The van der Waals surface area contributed by atoms with Crippen molar-refractivity contribution in [3.63, 3.8) is 0 Å². The second-order valence-electron chi connectivity index (χ2n) is 6.33. The number of anilines is 1. The second kappa shape index (κ2) is 8.17. The Kier molecular flexibility index (Phi) is 5.71. The molecule has 0 spiro atoms. The lowest BCUT2D eigenvalue weighted by molar-refractivity contribution is -0.117. The molecule has 1 amide bonds. The summed E-state index contributed by atoms with van der Waals surface area (Å²) in [7, 11) is 1.90. The quantitative estimate of drug-likeness (QED) is 0.717. The first-order valence-corrected chi connectivity index (χ1v) is 8.72. The summed E-state index contributed by atoms with van der Waals surface area (Å²) in [6.07, 6.45) is 3.79. The number of para-hydroxylation sites is 1. The maximum absolute atomic E-state index is 12.2. The molecule has 2 aromatic carbocycles. The van der Waals surface area contributed by atoms with Crippen molar-refractivity contribution in [2.24, 2.45) is 0 Å². The Morgan fingerprint density at radius 3 is 2.73 bits per heavy atom. The van der Waals surface area contributed by atoms with Gasteiger partial charge < -0.3 is 5.32 Å². The van der Waals surface area contributed by atoms with E-state index in [0.717, 1.165) is 16.8 Å². The first-order valence-electron chi connectivity index (χ1n) is 8.35. The third-order valence-electron chi connectivity index (χ3n) is 3.92. The van der Waals surface area contributed by atoms with Crippen molar-refractivity contribution in [1.82, 2.24) is 14.7 Å². The smallest absolute Gasteiger partial charge is 0.238 e. The molecule has 1 N–H and O–H groups in total. The lowest BCUT2D eigenvalue weighted by Crippen LogP contribution is -2.29. The van der Waals surface area contributed by atoms with Crippen LogP contribution in [0.15, 0.2) is 60.9 Å². The van der Waals surface area contributed by atoms with Crippen molar-refractivity contribution in [3.8, 4) is 5.69 Å². The molecule has 3 aromatic rings. The van der Waals surface area contributed by atoms with Crippen LogP contribution < -0.4 is 5.32 Å². The lowest BCUT2D eigenvalue weighted by atomic mass is 10.2. The van der Waals surface area contributed by atoms with Gasteiger partial charge in [0.05, 0.1) is 29.1 Å². The SMILES string of the molecule is Cc1ccc(NC(=O)CN(C)Cc2cnn(-c3ccccc3)c2)c(Cl)c1. The molecule has 0 atom stereocenters. The van der Waals surface area contributed by atoms with E-state index in [1.54, 1.807) is 0 Å². The van der Waals surface area contributed by atoms with E-state index in [4.69, 9.17) is 11.6 Å². The predicted molar refractivity (Wildman–Crippen MR) is 105 cm³/mol. The Morgan fingerprint density at radius 2 is 2.00 bits per heavy atom. The van der Waals surface area contributed by atoms with Crippen LogP contribution in [0.25, 0.3) is 5.69 Å². The van der Waals surface area contributed by atoms with Crippen LogP contribution in [0.4, 0.5) is 5.69 Å². The van der Waals surface area contributed by atoms with Crippen molar-refractivity contribution >= 4 is 23.2 Å². The molecule has 0 aliphatic rings. The second-order valence-corrected chi connectivity index (χ2v) is 6.74. The van der Waals surface area contributed by atoms with Gasteiger partial charge in [0.15, 0.2) is 0 Å². The van der Waals surface area contributed by atoms with Crippen LogP contribution in [0.3, 0.4) is 0 Å². The molecule has 1 heterocycles. The number of aromatic nitrogens is 2. The number of nitrogens with zero attached hydrogens (tertiary/aromatic N) is 3. The summed E-state index contributed by atoms with van der Waals surface area (Å²) in [4.78, 5) is 14.2. The molecule has 1 aromatic heterocycles. The summed E-state index contributed by atoms with van der Waals surface area (Å²) in [6, 6.07) is 15.5. The van der Waals surface area contributed by atoms with Crippen LogP contribution >= 0.6 is 11.6 Å². The molecule has 0 saturated heterocycles. The maximum Gasteiger partial charge on any atom is 0.238 e. The van der Waals surface area contributed by atoms with Crippen LogP contribution in [0, 0.1) is 6.92 Å². The molecule has 26 heavy (non-hydrogen) atoms. The number of amides is 1. The molecule has 0 radical (unpaired) electrons. The molecule has 6 heteroatoms. The van der Waals surface area contributed by atoms with E-state index in [1.165, 1.54) is 0 Å². The zero-order valence-electron chi connectivity index (χ0n) is 14.8. The number of carbonyl (C=O) groups is 1. The Labute approximate surface area is 158 Å². The molecule has 0 unspecified atom stereocenters. The highest BCUT2D eigenvalue weighted by molar-refractivity contribution is 6.33. The van der Waals surface area contributed by atoms with Crippen LogP contribution in [-0.2, 0) is 11.3 Å². The van der Waals surface area contributed by atoms with Crippen molar-refractivity contribution < 1.29 is 4.79 Å². The van der Waals surface area contributed by atoms with Crippen molar-refractivity contribution in [1.29, 1.82) is 0 Å². The average molecular weight is 369 g/mol. The van der Waals surface area contributed by atoms with Crippen LogP contribution in [0.5, 0.6) is 0 Å². The first-order chi connectivity index (χ1) is 12.5. The van der Waals surface area contributed by atoms with Gasteiger partial charge in [0.25, 0.3) is 0 Å². The zero-order valence-corrected chi connectivity index (χ0v) is 15.6. The third-order valence-corrected chi connectivity index (χ3v) is 4.23. The van der Waals surface area contributed by atoms with Crippen molar-refractivity contribution in [3.05, 3.63) is 77.1 Å². The highest BCUT2D eigenvalue weighted by atomic mass is 35.5. The molecule has 134 valence electrons. The number of halogens is 1. The van der Waals surface area contributed by atoms with Gasteiger partial charge in [0.2, 0.25) is 5.91 Å². The number of aryl methyl sites for hydroxylation is 1. The minimum atomic E-state index is -0.103. The minimum absolute atomic E-state index is 0.103. The van der Waals surface area contributed by atoms with Gasteiger partial charge >= 0.3 is 0 Å². The lowest BCUT2D eigenvalue weighted by Gasteiger charge is -2.15. The average Bonchev–Trinajstić information content (AvgIpc) is 3.06. The van der Waals surface area contributed by atoms with Gasteiger partial charge in [-0.05, 0) is 43.8 Å². The van der Waals surface area contributed by atoms with Crippen molar-refractivity contribution in [2.75, 3.05) is 18.9 Å². The Morgan fingerprint density at radius 1 is 1.23 bits per heavy atom. The molecule has 0 fully saturated rings. The molecule has 0 aliphatic heterocycles. The van der Waals surface area contributed by atoms with Gasteiger partial charge in [-0.1, -0.05) is 35.9 Å².